The number of nitrogens with zero attached hydrogens (tertiary/aromatic N) is 1. The minimum absolute atomic E-state index is 0.128. The Bertz CT molecular complexity index is 266. The maximum atomic E-state index is 11.3. The van der Waals surface area contributed by atoms with Crippen LogP contribution in [0.25, 0.3) is 0 Å². The highest BCUT2D eigenvalue weighted by Crippen LogP contribution is 2.03. The molecule has 62 valence electrons. The molecule has 0 N–H and O–H groups in total. The summed E-state index contributed by atoms with van der Waals surface area (Å²) in [7, 11) is 0. The second-order valence-electron chi connectivity index (χ2n) is 2.49. The average Bonchev–Trinajstić information content (AvgIpc) is 2.15. The van der Waals surface area contributed by atoms with Crippen LogP contribution in [-0.4, -0.2) is 10.8 Å². The van der Waals surface area contributed by atoms with Crippen LogP contribution in [0.1, 0.15) is 23.2 Å². The first-order chi connectivity index (χ1) is 5.84. The summed E-state index contributed by atoms with van der Waals surface area (Å²) in [6, 6.07) is 3.54. The molecule has 2 nitrogen and oxygen atoms in total. The number of pyridine rings is 1. The predicted octanol–water partition coefficient (Wildman–Crippen LogP) is 2.23. The number of aromatic nitrogens is 1. The van der Waals surface area contributed by atoms with Gasteiger partial charge in [0.2, 0.25) is 0 Å². The molecular formula is C10H11NO. The number of hydrogen-bond acceptors (Lipinski definition) is 2. The molecule has 1 heterocycles. The first kappa shape index (κ1) is 8.65. The van der Waals surface area contributed by atoms with Gasteiger partial charge in [-0.05, 0) is 18.6 Å². The number of rotatable bonds is 4. The molecule has 1 aromatic heterocycles. The third-order valence-electron chi connectivity index (χ3n) is 1.56. The second kappa shape index (κ2) is 4.44. The van der Waals surface area contributed by atoms with Gasteiger partial charge < -0.3 is 0 Å². The molecule has 12 heavy (non-hydrogen) atoms. The minimum atomic E-state index is 0.128. The van der Waals surface area contributed by atoms with E-state index in [9.17, 15) is 4.79 Å². The normalized spacial score (nSPS) is 9.33. The van der Waals surface area contributed by atoms with Crippen molar-refractivity contribution in [2.24, 2.45) is 0 Å². The Labute approximate surface area is 71.9 Å². The van der Waals surface area contributed by atoms with Crippen molar-refractivity contribution in [3.8, 4) is 0 Å². The molecule has 0 saturated heterocycles. The quantitative estimate of drug-likeness (QED) is 0.500. The van der Waals surface area contributed by atoms with Crippen LogP contribution in [-0.2, 0) is 0 Å². The lowest BCUT2D eigenvalue weighted by Crippen LogP contribution is -1.97. The molecule has 0 radical (unpaired) electrons. The van der Waals surface area contributed by atoms with Crippen LogP contribution in [0, 0.1) is 0 Å². The number of ketones is 1. The first-order valence-electron chi connectivity index (χ1n) is 3.88. The molecule has 0 aliphatic heterocycles. The first-order valence-corrected chi connectivity index (χ1v) is 3.88. The predicted molar refractivity (Wildman–Crippen MR) is 48.0 cm³/mol. The summed E-state index contributed by atoms with van der Waals surface area (Å²) < 4.78 is 0. The number of allylic oxidation sites excluding steroid dienone is 1. The van der Waals surface area contributed by atoms with Crippen molar-refractivity contribution in [1.29, 1.82) is 0 Å². The molecule has 0 aliphatic carbocycles. The Morgan fingerprint density at radius 3 is 3.08 bits per heavy atom. The molecule has 0 unspecified atom stereocenters. The van der Waals surface area contributed by atoms with E-state index in [0.717, 1.165) is 6.42 Å². The van der Waals surface area contributed by atoms with E-state index in [1.165, 1.54) is 0 Å². The van der Waals surface area contributed by atoms with Crippen LogP contribution in [0.2, 0.25) is 0 Å². The Balaban J connectivity index is 2.59. The molecule has 0 amide bonds. The SMILES string of the molecule is C=CCCC(=O)c1cccnc1. The van der Waals surface area contributed by atoms with Crippen molar-refractivity contribution >= 4 is 5.78 Å². The van der Waals surface area contributed by atoms with Crippen LogP contribution < -0.4 is 0 Å². The van der Waals surface area contributed by atoms with Crippen LogP contribution in [0.3, 0.4) is 0 Å². The highest BCUT2D eigenvalue weighted by Gasteiger charge is 2.02. The number of Topliss-reactive ketones (excluding diaryl/α,β-unsaturated/α-hetero) is 1. The third kappa shape index (κ3) is 2.31. The molecule has 2 heteroatoms. The van der Waals surface area contributed by atoms with Crippen LogP contribution in [0.5, 0.6) is 0 Å². The Morgan fingerprint density at radius 2 is 2.50 bits per heavy atom. The zero-order valence-corrected chi connectivity index (χ0v) is 6.86. The van der Waals surface area contributed by atoms with Crippen LogP contribution in [0.4, 0.5) is 0 Å². The molecule has 0 bridgehead atoms. The van der Waals surface area contributed by atoms with E-state index in [2.05, 4.69) is 11.6 Å². The lowest BCUT2D eigenvalue weighted by atomic mass is 10.1. The Kier molecular flexibility index (Phi) is 3.20. The number of hydrogen-bond donors (Lipinski definition) is 0. The van der Waals surface area contributed by atoms with Gasteiger partial charge >= 0.3 is 0 Å². The zero-order chi connectivity index (χ0) is 8.81. The highest BCUT2D eigenvalue weighted by atomic mass is 16.1. The summed E-state index contributed by atoms with van der Waals surface area (Å²) in [6.07, 6.45) is 6.24. The van der Waals surface area contributed by atoms with E-state index in [1.54, 1.807) is 30.6 Å². The van der Waals surface area contributed by atoms with E-state index < -0.39 is 0 Å². The van der Waals surface area contributed by atoms with Gasteiger partial charge in [-0.3, -0.25) is 9.78 Å². The van der Waals surface area contributed by atoms with E-state index in [0.29, 0.717) is 12.0 Å². The highest BCUT2D eigenvalue weighted by molar-refractivity contribution is 5.95. The number of carbonyl (C=O) groups is 1. The van der Waals surface area contributed by atoms with Crippen LogP contribution >= 0.6 is 0 Å². The Hall–Kier alpha value is -1.44. The fourth-order valence-electron chi connectivity index (χ4n) is 0.905. The maximum absolute atomic E-state index is 11.3. The van der Waals surface area contributed by atoms with Gasteiger partial charge in [-0.2, -0.15) is 0 Å². The zero-order valence-electron chi connectivity index (χ0n) is 6.86. The van der Waals surface area contributed by atoms with Crippen molar-refractivity contribution in [3.63, 3.8) is 0 Å². The molecule has 0 spiro atoms. The lowest BCUT2D eigenvalue weighted by molar-refractivity contribution is 0.0983. The topological polar surface area (TPSA) is 30.0 Å². The molecule has 1 aromatic rings. The van der Waals surface area contributed by atoms with Crippen molar-refractivity contribution in [2.45, 2.75) is 12.8 Å². The molecule has 0 aliphatic rings. The summed E-state index contributed by atoms with van der Waals surface area (Å²) in [5, 5.41) is 0. The number of carbonyl (C=O) groups excluding carboxylic acids is 1. The van der Waals surface area contributed by atoms with E-state index in [-0.39, 0.29) is 5.78 Å². The monoisotopic (exact) mass is 161 g/mol. The summed E-state index contributed by atoms with van der Waals surface area (Å²) in [5.41, 5.74) is 0.680. The van der Waals surface area contributed by atoms with Crippen molar-refractivity contribution in [3.05, 3.63) is 42.7 Å². The van der Waals surface area contributed by atoms with Gasteiger partial charge in [-0.25, -0.2) is 0 Å². The van der Waals surface area contributed by atoms with Gasteiger partial charge in [0.1, 0.15) is 0 Å². The van der Waals surface area contributed by atoms with Gasteiger partial charge in [0.05, 0.1) is 0 Å². The van der Waals surface area contributed by atoms with Gasteiger partial charge in [-0.1, -0.05) is 6.08 Å². The summed E-state index contributed by atoms with van der Waals surface area (Å²) in [4.78, 5) is 15.2. The van der Waals surface area contributed by atoms with E-state index in [1.807, 2.05) is 0 Å². The maximum Gasteiger partial charge on any atom is 0.164 e. The van der Waals surface area contributed by atoms with Gasteiger partial charge in [0, 0.05) is 24.4 Å². The van der Waals surface area contributed by atoms with E-state index >= 15 is 0 Å². The van der Waals surface area contributed by atoms with Crippen molar-refractivity contribution in [2.75, 3.05) is 0 Å². The molecule has 0 aromatic carbocycles. The minimum Gasteiger partial charge on any atom is -0.294 e. The van der Waals surface area contributed by atoms with Crippen LogP contribution in [0.15, 0.2) is 37.2 Å². The third-order valence-corrected chi connectivity index (χ3v) is 1.56. The second-order valence-corrected chi connectivity index (χ2v) is 2.49. The molecule has 0 saturated carbocycles. The van der Waals surface area contributed by atoms with Gasteiger partial charge in [0.15, 0.2) is 5.78 Å². The summed E-state index contributed by atoms with van der Waals surface area (Å²) in [6.45, 7) is 3.56. The molecular weight excluding hydrogens is 150 g/mol. The standard InChI is InChI=1S/C10H11NO/c1-2-3-6-10(12)9-5-4-7-11-8-9/h2,4-5,7-8H,1,3,6H2. The van der Waals surface area contributed by atoms with Crippen molar-refractivity contribution in [1.82, 2.24) is 4.98 Å². The van der Waals surface area contributed by atoms with Gasteiger partial charge in [0.25, 0.3) is 0 Å². The summed E-state index contributed by atoms with van der Waals surface area (Å²) in [5.74, 6) is 0.128. The Morgan fingerprint density at radius 1 is 1.67 bits per heavy atom. The van der Waals surface area contributed by atoms with Gasteiger partial charge in [-0.15, -0.1) is 6.58 Å². The lowest BCUT2D eigenvalue weighted by Gasteiger charge is -1.96. The van der Waals surface area contributed by atoms with Crippen molar-refractivity contribution < 1.29 is 4.79 Å². The molecule has 0 fully saturated rings. The molecule has 1 rings (SSSR count). The average molecular weight is 161 g/mol. The fraction of sp³-hybridized carbons (Fsp3) is 0.200. The van der Waals surface area contributed by atoms with E-state index in [4.69, 9.17) is 0 Å². The fourth-order valence-corrected chi connectivity index (χ4v) is 0.905. The largest absolute Gasteiger partial charge is 0.294 e. The summed E-state index contributed by atoms with van der Waals surface area (Å²) >= 11 is 0. The molecule has 0 atom stereocenters. The smallest absolute Gasteiger partial charge is 0.164 e.